The van der Waals surface area contributed by atoms with Crippen LogP contribution in [0, 0.1) is 41.5 Å². The van der Waals surface area contributed by atoms with Crippen molar-refractivity contribution in [2.24, 2.45) is 0 Å². The van der Waals surface area contributed by atoms with Gasteiger partial charge in [-0.3, -0.25) is 0 Å². The zero-order chi connectivity index (χ0) is 20.1. The van der Waals surface area contributed by atoms with Gasteiger partial charge in [0.05, 0.1) is 0 Å². The fourth-order valence-corrected chi connectivity index (χ4v) is 2.40. The first-order chi connectivity index (χ1) is 10.8. The van der Waals surface area contributed by atoms with E-state index in [2.05, 4.69) is 77.9 Å². The minimum atomic E-state index is -10.7. The van der Waals surface area contributed by atoms with E-state index in [4.69, 9.17) is 0 Å². The number of hydrogen-bond acceptors (Lipinski definition) is 0. The van der Waals surface area contributed by atoms with Crippen molar-refractivity contribution in [3.8, 4) is 0 Å². The fourth-order valence-electron chi connectivity index (χ4n) is 2.40. The first-order valence-electron chi connectivity index (χ1n) is 7.48. The average molecular weight is 449 g/mol. The Morgan fingerprint density at radius 1 is 0.423 bits per heavy atom. The molecule has 0 aromatic heterocycles. The largest absolute Gasteiger partial charge is 1.00 e. The van der Waals surface area contributed by atoms with Crippen LogP contribution in [0.25, 0.3) is 0 Å². The standard InChI is InChI=1S/2C9H12.Cu.F6P/c2*1-7-4-8(2)6-9(3)5-7;;1-7(2,3,4,5)6/h2*4-6H,1-3H3;;/q;;+1;-1. The second-order valence-electron chi connectivity index (χ2n) is 6.29. The van der Waals surface area contributed by atoms with Crippen LogP contribution in [0.4, 0.5) is 25.2 Å². The van der Waals surface area contributed by atoms with Crippen molar-refractivity contribution in [3.63, 3.8) is 0 Å². The van der Waals surface area contributed by atoms with E-state index < -0.39 is 7.81 Å². The summed E-state index contributed by atoms with van der Waals surface area (Å²) in [5.41, 5.74) is 8.13. The summed E-state index contributed by atoms with van der Waals surface area (Å²) in [6, 6.07) is 13.1. The van der Waals surface area contributed by atoms with Gasteiger partial charge in [-0.2, -0.15) is 0 Å². The van der Waals surface area contributed by atoms with Crippen LogP contribution in [0.5, 0.6) is 0 Å². The smallest absolute Gasteiger partial charge is 1.00 e. The quantitative estimate of drug-likeness (QED) is 0.215. The van der Waals surface area contributed by atoms with E-state index >= 15 is 0 Å². The Morgan fingerprint density at radius 3 is 0.577 bits per heavy atom. The molecule has 2 aromatic carbocycles. The van der Waals surface area contributed by atoms with E-state index in [-0.39, 0.29) is 17.1 Å². The van der Waals surface area contributed by atoms with Crippen LogP contribution in [0.2, 0.25) is 0 Å². The van der Waals surface area contributed by atoms with Crippen LogP contribution in [0.3, 0.4) is 0 Å². The molecule has 8 heteroatoms. The molecule has 0 heterocycles. The third-order valence-electron chi connectivity index (χ3n) is 2.73. The fraction of sp³-hybridized carbons (Fsp3) is 0.333. The molecular weight excluding hydrogens is 425 g/mol. The van der Waals surface area contributed by atoms with Gasteiger partial charge in [0.25, 0.3) is 0 Å². The maximum atomic E-state index is 9.87. The van der Waals surface area contributed by atoms with E-state index in [0.29, 0.717) is 0 Å². The van der Waals surface area contributed by atoms with Gasteiger partial charge in [-0.25, -0.2) is 0 Å². The molecule has 2 rings (SSSR count). The molecule has 0 bridgehead atoms. The Labute approximate surface area is 161 Å². The van der Waals surface area contributed by atoms with Gasteiger partial charge < -0.3 is 0 Å². The Hall–Kier alpha value is -1.03. The van der Waals surface area contributed by atoms with Crippen LogP contribution >= 0.6 is 7.81 Å². The molecule has 0 fully saturated rings. The van der Waals surface area contributed by atoms with Crippen molar-refractivity contribution in [1.82, 2.24) is 0 Å². The van der Waals surface area contributed by atoms with E-state index in [1.54, 1.807) is 0 Å². The van der Waals surface area contributed by atoms with Gasteiger partial charge in [0.2, 0.25) is 0 Å². The molecule has 26 heavy (non-hydrogen) atoms. The first kappa shape index (κ1) is 27.2. The predicted molar refractivity (Wildman–Crippen MR) is 94.9 cm³/mol. The third kappa shape index (κ3) is 21.0. The Morgan fingerprint density at radius 2 is 0.500 bits per heavy atom. The molecule has 0 aliphatic carbocycles. The summed E-state index contributed by atoms with van der Waals surface area (Å²) >= 11 is 0. The molecule has 0 aliphatic heterocycles. The maximum Gasteiger partial charge on any atom is 1.00 e. The van der Waals surface area contributed by atoms with E-state index in [9.17, 15) is 25.2 Å². The number of hydrogen-bond donors (Lipinski definition) is 0. The zero-order valence-electron chi connectivity index (χ0n) is 15.5. The summed E-state index contributed by atoms with van der Waals surface area (Å²) in [6.07, 6.45) is 0. The van der Waals surface area contributed by atoms with Crippen molar-refractivity contribution < 1.29 is 42.3 Å². The van der Waals surface area contributed by atoms with Crippen molar-refractivity contribution >= 4 is 7.81 Å². The molecule has 0 spiro atoms. The summed E-state index contributed by atoms with van der Waals surface area (Å²) in [5.74, 6) is 0. The summed E-state index contributed by atoms with van der Waals surface area (Å²) in [4.78, 5) is 0. The van der Waals surface area contributed by atoms with Gasteiger partial charge in [0, 0.05) is 0 Å². The molecule has 0 saturated carbocycles. The second kappa shape index (κ2) is 8.77. The number of halogens is 6. The van der Waals surface area contributed by atoms with Crippen molar-refractivity contribution in [2.45, 2.75) is 41.5 Å². The number of rotatable bonds is 0. The van der Waals surface area contributed by atoms with Gasteiger partial charge in [0.1, 0.15) is 0 Å². The average Bonchev–Trinajstić information content (AvgIpc) is 2.19. The molecule has 0 unspecified atom stereocenters. The molecule has 0 radical (unpaired) electrons. The monoisotopic (exact) mass is 448 g/mol. The molecule has 0 nitrogen and oxygen atoms in total. The van der Waals surface area contributed by atoms with Crippen LogP contribution < -0.4 is 0 Å². The van der Waals surface area contributed by atoms with Gasteiger partial charge in [-0.1, -0.05) is 69.8 Å². The van der Waals surface area contributed by atoms with Crippen LogP contribution in [-0.2, 0) is 17.1 Å². The van der Waals surface area contributed by atoms with Gasteiger partial charge >= 0.3 is 50.1 Å². The van der Waals surface area contributed by atoms with Crippen molar-refractivity contribution in [2.75, 3.05) is 0 Å². The summed E-state index contributed by atoms with van der Waals surface area (Å²) in [6.45, 7) is 12.8. The van der Waals surface area contributed by atoms with Crippen LogP contribution in [-0.4, -0.2) is 0 Å². The molecule has 0 N–H and O–H groups in total. The molecule has 0 amide bonds. The normalized spacial score (nSPS) is 12.9. The minimum absolute atomic E-state index is 0. The SMILES string of the molecule is Cc1cc(C)cc(C)c1.Cc1cc(C)cc(C)c1.F[P-](F)(F)(F)(F)F.[Cu+]. The maximum absolute atomic E-state index is 10.7. The Balaban J connectivity index is 0. The molecule has 154 valence electrons. The number of aryl methyl sites for hydroxylation is 6. The third-order valence-corrected chi connectivity index (χ3v) is 2.73. The van der Waals surface area contributed by atoms with E-state index in [0.717, 1.165) is 0 Å². The summed E-state index contributed by atoms with van der Waals surface area (Å²) in [5, 5.41) is 0. The van der Waals surface area contributed by atoms with Crippen molar-refractivity contribution in [3.05, 3.63) is 69.8 Å². The summed E-state index contributed by atoms with van der Waals surface area (Å²) in [7, 11) is -10.7. The molecule has 0 saturated heterocycles. The topological polar surface area (TPSA) is 0 Å². The first-order valence-corrected chi connectivity index (χ1v) is 9.51. The number of benzene rings is 2. The van der Waals surface area contributed by atoms with E-state index in [1.807, 2.05) is 0 Å². The predicted octanol–water partition coefficient (Wildman–Crippen LogP) is 8.60. The van der Waals surface area contributed by atoms with Crippen LogP contribution in [0.15, 0.2) is 36.4 Å². The second-order valence-corrected chi connectivity index (χ2v) is 8.21. The molecular formula is C18H24CuF6P. The minimum Gasteiger partial charge on any atom is 1.00 e. The van der Waals surface area contributed by atoms with E-state index in [1.165, 1.54) is 33.4 Å². The molecule has 0 aliphatic rings. The Bertz CT molecular complexity index is 562. The van der Waals surface area contributed by atoms with Gasteiger partial charge in [-0.05, 0) is 41.5 Å². The molecule has 0 atom stereocenters. The molecule has 2 aromatic rings. The Kier molecular flexibility index (Phi) is 9.17. The zero-order valence-corrected chi connectivity index (χ0v) is 17.3. The van der Waals surface area contributed by atoms with Gasteiger partial charge in [0.15, 0.2) is 0 Å². The van der Waals surface area contributed by atoms with Gasteiger partial charge in [-0.15, -0.1) is 0 Å². The summed E-state index contributed by atoms with van der Waals surface area (Å²) < 4.78 is 59.2. The van der Waals surface area contributed by atoms with Crippen molar-refractivity contribution in [1.29, 1.82) is 0 Å². The van der Waals surface area contributed by atoms with Crippen LogP contribution in [0.1, 0.15) is 33.4 Å².